The van der Waals surface area contributed by atoms with Gasteiger partial charge in [0.2, 0.25) is 0 Å². The predicted molar refractivity (Wildman–Crippen MR) is 69.3 cm³/mol. The number of aliphatic hydroxyl groups is 5. The number of hydrazine groups is 1. The molecule has 1 amide bonds. The molecule has 0 saturated carbocycles. The molecule has 0 heterocycles. The molecule has 0 aromatic heterocycles. The largest absolute Gasteiger partial charge is 0.394 e. The minimum atomic E-state index is -1.97. The molecule has 112 valence electrons. The van der Waals surface area contributed by atoms with Gasteiger partial charge in [0.25, 0.3) is 5.91 Å². The van der Waals surface area contributed by atoms with Crippen molar-refractivity contribution in [3.63, 3.8) is 0 Å². The van der Waals surface area contributed by atoms with Gasteiger partial charge in [-0.3, -0.25) is 15.6 Å². The van der Waals surface area contributed by atoms with Crippen LogP contribution >= 0.6 is 0 Å². The molecule has 8 heteroatoms. The second kappa shape index (κ2) is 7.78. The molecule has 4 atom stereocenters. The van der Waals surface area contributed by atoms with Crippen LogP contribution in [0.15, 0.2) is 30.3 Å². The first-order chi connectivity index (χ1) is 9.47. The molecule has 0 bridgehead atoms. The van der Waals surface area contributed by atoms with E-state index in [1.54, 1.807) is 30.3 Å². The summed E-state index contributed by atoms with van der Waals surface area (Å²) in [7, 11) is 0. The maximum atomic E-state index is 11.5. The van der Waals surface area contributed by atoms with Crippen molar-refractivity contribution in [2.75, 3.05) is 12.0 Å². The second-order valence-electron chi connectivity index (χ2n) is 4.16. The van der Waals surface area contributed by atoms with Crippen molar-refractivity contribution in [2.24, 2.45) is 0 Å². The number of nitrogens with one attached hydrogen (secondary N) is 2. The zero-order valence-corrected chi connectivity index (χ0v) is 10.5. The predicted octanol–water partition coefficient (Wildman–Crippen LogP) is -2.43. The Labute approximate surface area is 115 Å². The number of hydrogen-bond donors (Lipinski definition) is 7. The molecular weight excluding hydrogens is 268 g/mol. The van der Waals surface area contributed by atoms with Crippen LogP contribution in [0.2, 0.25) is 0 Å². The molecular formula is C12H18N2O6. The molecule has 0 fully saturated rings. The Morgan fingerprint density at radius 2 is 1.65 bits per heavy atom. The smallest absolute Gasteiger partial charge is 0.269 e. The van der Waals surface area contributed by atoms with E-state index in [4.69, 9.17) is 10.2 Å². The first-order valence-electron chi connectivity index (χ1n) is 5.91. The molecule has 0 aliphatic heterocycles. The number of hydrogen-bond acceptors (Lipinski definition) is 7. The Kier molecular flexibility index (Phi) is 6.36. The molecule has 0 saturated heterocycles. The van der Waals surface area contributed by atoms with Crippen molar-refractivity contribution in [3.05, 3.63) is 30.3 Å². The third-order valence-electron chi connectivity index (χ3n) is 2.63. The van der Waals surface area contributed by atoms with Crippen LogP contribution in [0.5, 0.6) is 0 Å². The highest BCUT2D eigenvalue weighted by Crippen LogP contribution is 2.06. The van der Waals surface area contributed by atoms with E-state index in [1.807, 2.05) is 0 Å². The monoisotopic (exact) mass is 286 g/mol. The van der Waals surface area contributed by atoms with Gasteiger partial charge in [0, 0.05) is 0 Å². The number of benzene rings is 1. The number of carbonyl (C=O) groups is 1. The van der Waals surface area contributed by atoms with Crippen molar-refractivity contribution in [1.82, 2.24) is 5.43 Å². The van der Waals surface area contributed by atoms with Crippen molar-refractivity contribution < 1.29 is 30.3 Å². The second-order valence-corrected chi connectivity index (χ2v) is 4.16. The Bertz CT molecular complexity index is 416. The summed E-state index contributed by atoms with van der Waals surface area (Å²) >= 11 is 0. The van der Waals surface area contributed by atoms with Gasteiger partial charge < -0.3 is 25.5 Å². The maximum Gasteiger partial charge on any atom is 0.269 e. The van der Waals surface area contributed by atoms with Crippen LogP contribution in [-0.4, -0.2) is 62.5 Å². The summed E-state index contributed by atoms with van der Waals surface area (Å²) in [5, 5.41) is 46.1. The molecule has 1 rings (SSSR count). The van der Waals surface area contributed by atoms with E-state index in [9.17, 15) is 20.1 Å². The summed E-state index contributed by atoms with van der Waals surface area (Å²) < 4.78 is 0. The van der Waals surface area contributed by atoms with Gasteiger partial charge in [0.15, 0.2) is 6.10 Å². The van der Waals surface area contributed by atoms with Gasteiger partial charge in [-0.2, -0.15) is 0 Å². The normalized spacial score (nSPS) is 16.9. The molecule has 1 aromatic carbocycles. The van der Waals surface area contributed by atoms with E-state index in [-0.39, 0.29) is 0 Å². The summed E-state index contributed by atoms with van der Waals surface area (Å²) in [4.78, 5) is 11.5. The van der Waals surface area contributed by atoms with E-state index in [0.29, 0.717) is 5.69 Å². The van der Waals surface area contributed by atoms with E-state index in [2.05, 4.69) is 10.9 Å². The molecule has 0 aliphatic carbocycles. The Balaban J connectivity index is 2.50. The molecule has 8 nitrogen and oxygen atoms in total. The van der Waals surface area contributed by atoms with Crippen LogP contribution in [-0.2, 0) is 4.79 Å². The first kappa shape index (κ1) is 16.3. The summed E-state index contributed by atoms with van der Waals surface area (Å²) in [6.07, 6.45) is -7.41. The van der Waals surface area contributed by atoms with Crippen LogP contribution in [0.25, 0.3) is 0 Å². The molecule has 7 N–H and O–H groups in total. The summed E-state index contributed by atoms with van der Waals surface area (Å²) in [6.45, 7) is -0.811. The van der Waals surface area contributed by atoms with Gasteiger partial charge in [0.05, 0.1) is 12.3 Å². The number of carbonyl (C=O) groups excluding carboxylic acids is 1. The fourth-order valence-electron chi connectivity index (χ4n) is 1.41. The average Bonchev–Trinajstić information content (AvgIpc) is 2.50. The third kappa shape index (κ3) is 4.44. The highest BCUT2D eigenvalue weighted by Gasteiger charge is 2.34. The van der Waals surface area contributed by atoms with Crippen molar-refractivity contribution in [3.8, 4) is 0 Å². The van der Waals surface area contributed by atoms with Gasteiger partial charge in [-0.15, -0.1) is 0 Å². The van der Waals surface area contributed by atoms with Gasteiger partial charge in [-0.05, 0) is 12.1 Å². The molecule has 0 aliphatic rings. The summed E-state index contributed by atoms with van der Waals surface area (Å²) in [6, 6.07) is 8.54. The number of anilines is 1. The number of para-hydroxylation sites is 1. The van der Waals surface area contributed by atoms with Crippen molar-refractivity contribution in [1.29, 1.82) is 0 Å². The van der Waals surface area contributed by atoms with Gasteiger partial charge >= 0.3 is 0 Å². The van der Waals surface area contributed by atoms with Crippen LogP contribution in [0, 0.1) is 0 Å². The number of rotatable bonds is 7. The summed E-state index contributed by atoms with van der Waals surface area (Å²) in [5.41, 5.74) is 5.19. The lowest BCUT2D eigenvalue weighted by atomic mass is 10.0. The summed E-state index contributed by atoms with van der Waals surface area (Å²) in [5.74, 6) is -0.995. The molecule has 0 spiro atoms. The fraction of sp³-hybridized carbons (Fsp3) is 0.417. The minimum Gasteiger partial charge on any atom is -0.394 e. The quantitative estimate of drug-likeness (QED) is 0.276. The zero-order valence-electron chi connectivity index (χ0n) is 10.5. The van der Waals surface area contributed by atoms with Crippen LogP contribution in [0.1, 0.15) is 0 Å². The maximum absolute atomic E-state index is 11.5. The van der Waals surface area contributed by atoms with Crippen LogP contribution < -0.4 is 10.9 Å². The number of amides is 1. The van der Waals surface area contributed by atoms with E-state index in [0.717, 1.165) is 0 Å². The molecule has 20 heavy (non-hydrogen) atoms. The van der Waals surface area contributed by atoms with Gasteiger partial charge in [0.1, 0.15) is 18.3 Å². The topological polar surface area (TPSA) is 142 Å². The van der Waals surface area contributed by atoms with E-state index >= 15 is 0 Å². The van der Waals surface area contributed by atoms with E-state index in [1.165, 1.54) is 0 Å². The van der Waals surface area contributed by atoms with E-state index < -0.39 is 36.9 Å². The highest BCUT2D eigenvalue weighted by molar-refractivity contribution is 5.82. The van der Waals surface area contributed by atoms with Gasteiger partial charge in [-0.25, -0.2) is 0 Å². The lowest BCUT2D eigenvalue weighted by Crippen LogP contribution is -2.52. The number of aliphatic hydroxyl groups excluding tert-OH is 5. The average molecular weight is 286 g/mol. The first-order valence-corrected chi connectivity index (χ1v) is 5.91. The molecule has 0 radical (unpaired) electrons. The molecule has 0 unspecified atom stereocenters. The minimum absolute atomic E-state index is 0.554. The van der Waals surface area contributed by atoms with Gasteiger partial charge in [-0.1, -0.05) is 18.2 Å². The highest BCUT2D eigenvalue weighted by atomic mass is 16.4. The Morgan fingerprint density at radius 3 is 2.20 bits per heavy atom. The lowest BCUT2D eigenvalue weighted by molar-refractivity contribution is -0.148. The Morgan fingerprint density at radius 1 is 1.05 bits per heavy atom. The Hall–Kier alpha value is -1.71. The fourth-order valence-corrected chi connectivity index (χ4v) is 1.41. The van der Waals surface area contributed by atoms with Crippen LogP contribution in [0.4, 0.5) is 5.69 Å². The zero-order chi connectivity index (χ0) is 15.1. The molecule has 1 aromatic rings. The SMILES string of the molecule is O=C(NNc1ccccc1)[C@H](O)[C@@H](O)[C@@H](O)[C@H](O)CO. The standard InChI is InChI=1S/C12H18N2O6/c15-6-8(16)9(17)10(18)11(19)12(20)14-13-7-4-2-1-3-5-7/h1-5,8-11,13,15-19H,6H2,(H,14,20)/t8-,9+,10+,11-/m1/s1. The van der Waals surface area contributed by atoms with Crippen LogP contribution in [0.3, 0.4) is 0 Å². The third-order valence-corrected chi connectivity index (χ3v) is 2.63. The lowest BCUT2D eigenvalue weighted by Gasteiger charge is -2.25. The van der Waals surface area contributed by atoms with Crippen molar-refractivity contribution in [2.45, 2.75) is 24.4 Å². The van der Waals surface area contributed by atoms with Crippen molar-refractivity contribution >= 4 is 11.6 Å².